The van der Waals surface area contributed by atoms with Gasteiger partial charge in [-0.05, 0) is 5.56 Å². The van der Waals surface area contributed by atoms with Gasteiger partial charge in [-0.3, -0.25) is 19.3 Å². The molecule has 0 aromatic heterocycles. The Labute approximate surface area is 141 Å². The van der Waals surface area contributed by atoms with Crippen LogP contribution in [-0.4, -0.2) is 51.2 Å². The van der Waals surface area contributed by atoms with Crippen molar-refractivity contribution in [1.82, 2.24) is 10.2 Å². The van der Waals surface area contributed by atoms with Gasteiger partial charge in [0.15, 0.2) is 0 Å². The fraction of sp³-hybridized carbons (Fsp3) is 0.250. The SMILES string of the molecule is O=CC1=C(C(=O)O)N2C(=O)C(NC(=O)Cc3ccccc3)[C@H]2SC1. The van der Waals surface area contributed by atoms with Gasteiger partial charge in [-0.2, -0.15) is 0 Å². The Morgan fingerprint density at radius 1 is 1.33 bits per heavy atom. The number of aldehydes is 1. The normalized spacial score (nSPS) is 22.5. The van der Waals surface area contributed by atoms with Gasteiger partial charge in [0.2, 0.25) is 5.91 Å². The van der Waals surface area contributed by atoms with E-state index >= 15 is 0 Å². The lowest BCUT2D eigenvalue weighted by atomic mass is 10.0. The summed E-state index contributed by atoms with van der Waals surface area (Å²) in [6.45, 7) is 0. The Hall–Kier alpha value is -2.61. The van der Waals surface area contributed by atoms with Crippen LogP contribution in [0.5, 0.6) is 0 Å². The number of nitrogens with zero attached hydrogens (tertiary/aromatic N) is 1. The molecule has 3 rings (SSSR count). The maximum absolute atomic E-state index is 12.2. The smallest absolute Gasteiger partial charge is 0.353 e. The van der Waals surface area contributed by atoms with E-state index in [0.29, 0.717) is 6.29 Å². The number of carboxylic acids is 1. The van der Waals surface area contributed by atoms with E-state index in [-0.39, 0.29) is 29.4 Å². The number of hydrogen-bond donors (Lipinski definition) is 2. The van der Waals surface area contributed by atoms with Crippen molar-refractivity contribution in [3.63, 3.8) is 0 Å². The van der Waals surface area contributed by atoms with E-state index in [2.05, 4.69) is 5.32 Å². The molecule has 0 saturated carbocycles. The highest BCUT2D eigenvalue weighted by molar-refractivity contribution is 8.00. The van der Waals surface area contributed by atoms with Crippen molar-refractivity contribution in [2.75, 3.05) is 5.75 Å². The molecule has 1 unspecified atom stereocenters. The fourth-order valence-electron chi connectivity index (χ4n) is 2.74. The predicted molar refractivity (Wildman–Crippen MR) is 85.9 cm³/mol. The highest BCUT2D eigenvalue weighted by atomic mass is 32.2. The van der Waals surface area contributed by atoms with E-state index in [9.17, 15) is 24.3 Å². The monoisotopic (exact) mass is 346 g/mol. The van der Waals surface area contributed by atoms with E-state index in [1.54, 1.807) is 0 Å². The Balaban J connectivity index is 1.70. The van der Waals surface area contributed by atoms with E-state index in [1.165, 1.54) is 11.8 Å². The van der Waals surface area contributed by atoms with Crippen LogP contribution >= 0.6 is 11.8 Å². The maximum atomic E-state index is 12.2. The first-order chi connectivity index (χ1) is 11.5. The molecule has 0 bridgehead atoms. The summed E-state index contributed by atoms with van der Waals surface area (Å²) in [6, 6.07) is 8.34. The summed E-state index contributed by atoms with van der Waals surface area (Å²) in [5.74, 6) is -1.93. The highest BCUT2D eigenvalue weighted by Crippen LogP contribution is 2.39. The summed E-state index contributed by atoms with van der Waals surface area (Å²) in [4.78, 5) is 47.7. The Morgan fingerprint density at radius 3 is 2.67 bits per heavy atom. The number of nitrogens with one attached hydrogen (secondary N) is 1. The minimum absolute atomic E-state index is 0.0752. The highest BCUT2D eigenvalue weighted by Gasteiger charge is 2.54. The number of hydrogen-bond acceptors (Lipinski definition) is 5. The number of amides is 2. The molecule has 1 aromatic rings. The summed E-state index contributed by atoms with van der Waals surface area (Å²) in [6.07, 6.45) is 0.602. The van der Waals surface area contributed by atoms with Crippen LogP contribution in [0.25, 0.3) is 0 Å². The van der Waals surface area contributed by atoms with Crippen molar-refractivity contribution >= 4 is 35.8 Å². The number of carbonyl (C=O) groups excluding carboxylic acids is 3. The largest absolute Gasteiger partial charge is 0.477 e. The number of aliphatic carboxylic acids is 1. The molecule has 2 atom stereocenters. The lowest BCUT2D eigenvalue weighted by molar-refractivity contribution is -0.150. The summed E-state index contributed by atoms with van der Waals surface area (Å²) in [5, 5.41) is 11.4. The van der Waals surface area contributed by atoms with Crippen LogP contribution in [0.15, 0.2) is 41.6 Å². The average Bonchev–Trinajstić information content (AvgIpc) is 2.58. The second-order valence-electron chi connectivity index (χ2n) is 5.41. The van der Waals surface area contributed by atoms with Crippen LogP contribution in [0.3, 0.4) is 0 Å². The molecule has 0 aliphatic carbocycles. The minimum Gasteiger partial charge on any atom is -0.477 e. The van der Waals surface area contributed by atoms with Crippen molar-refractivity contribution < 1.29 is 24.3 Å². The molecule has 24 heavy (non-hydrogen) atoms. The standard InChI is InChI=1S/C16H14N2O5S/c19-7-10-8-24-15-12(14(21)18(15)13(10)16(22)23)17-11(20)6-9-4-2-1-3-5-9/h1-5,7,12,15H,6,8H2,(H,17,20)(H,22,23)/t12?,15-/m1/s1. The quantitative estimate of drug-likeness (QED) is 0.582. The molecule has 2 amide bonds. The molecule has 2 aliphatic heterocycles. The van der Waals surface area contributed by atoms with Gasteiger partial charge in [-0.1, -0.05) is 30.3 Å². The van der Waals surface area contributed by atoms with Crippen LogP contribution in [-0.2, 0) is 25.6 Å². The van der Waals surface area contributed by atoms with E-state index in [1.807, 2.05) is 30.3 Å². The van der Waals surface area contributed by atoms with E-state index in [0.717, 1.165) is 10.5 Å². The first-order valence-electron chi connectivity index (χ1n) is 7.22. The molecule has 1 aromatic carbocycles. The van der Waals surface area contributed by atoms with Gasteiger partial charge < -0.3 is 10.4 Å². The van der Waals surface area contributed by atoms with Gasteiger partial charge >= 0.3 is 5.97 Å². The molecule has 2 aliphatic rings. The summed E-state index contributed by atoms with van der Waals surface area (Å²) in [7, 11) is 0. The predicted octanol–water partition coefficient (Wildman–Crippen LogP) is 0.167. The first kappa shape index (κ1) is 16.3. The maximum Gasteiger partial charge on any atom is 0.353 e. The fourth-order valence-corrected chi connectivity index (χ4v) is 4.03. The number of benzene rings is 1. The third-order valence-corrected chi connectivity index (χ3v) is 5.17. The zero-order valence-electron chi connectivity index (χ0n) is 12.5. The van der Waals surface area contributed by atoms with Crippen molar-refractivity contribution in [1.29, 1.82) is 0 Å². The van der Waals surface area contributed by atoms with Crippen molar-refractivity contribution in [3.8, 4) is 0 Å². The summed E-state index contributed by atoms with van der Waals surface area (Å²) >= 11 is 1.26. The number of fused-ring (bicyclic) bond motifs is 1. The van der Waals surface area contributed by atoms with Crippen molar-refractivity contribution in [2.24, 2.45) is 0 Å². The van der Waals surface area contributed by atoms with Crippen LogP contribution in [0.2, 0.25) is 0 Å². The number of rotatable bonds is 5. The molecule has 7 nitrogen and oxygen atoms in total. The lowest BCUT2D eigenvalue weighted by Crippen LogP contribution is -2.70. The molecule has 1 fully saturated rings. The molecule has 8 heteroatoms. The lowest BCUT2D eigenvalue weighted by Gasteiger charge is -2.49. The van der Waals surface area contributed by atoms with Crippen LogP contribution in [0.1, 0.15) is 5.56 Å². The second-order valence-corrected chi connectivity index (χ2v) is 6.52. The van der Waals surface area contributed by atoms with Gasteiger partial charge in [0.1, 0.15) is 23.4 Å². The third-order valence-electron chi connectivity index (χ3n) is 3.87. The zero-order valence-corrected chi connectivity index (χ0v) is 13.3. The summed E-state index contributed by atoms with van der Waals surface area (Å²) in [5.41, 5.74) is 0.614. The molecular weight excluding hydrogens is 332 g/mol. The summed E-state index contributed by atoms with van der Waals surface area (Å²) < 4.78 is 0. The molecule has 0 radical (unpaired) electrons. The second kappa shape index (κ2) is 6.48. The van der Waals surface area contributed by atoms with Crippen LogP contribution in [0, 0.1) is 0 Å². The van der Waals surface area contributed by atoms with Crippen LogP contribution in [0.4, 0.5) is 0 Å². The Bertz CT molecular complexity index is 746. The van der Waals surface area contributed by atoms with Gasteiger partial charge in [0.05, 0.1) is 6.42 Å². The number of thioether (sulfide) groups is 1. The molecular formula is C16H14N2O5S. The molecule has 0 spiro atoms. The first-order valence-corrected chi connectivity index (χ1v) is 8.27. The number of carbonyl (C=O) groups is 4. The molecule has 2 heterocycles. The molecule has 1 saturated heterocycles. The minimum atomic E-state index is -1.31. The number of carboxylic acid groups (broad SMARTS) is 1. The van der Waals surface area contributed by atoms with Gasteiger partial charge in [-0.15, -0.1) is 11.8 Å². The zero-order chi connectivity index (χ0) is 17.3. The van der Waals surface area contributed by atoms with Gasteiger partial charge in [0.25, 0.3) is 5.91 Å². The molecule has 124 valence electrons. The van der Waals surface area contributed by atoms with Crippen LogP contribution < -0.4 is 5.32 Å². The third kappa shape index (κ3) is 2.80. The molecule has 2 N–H and O–H groups in total. The topological polar surface area (TPSA) is 104 Å². The Morgan fingerprint density at radius 2 is 2.04 bits per heavy atom. The average molecular weight is 346 g/mol. The van der Waals surface area contributed by atoms with E-state index < -0.39 is 23.3 Å². The number of β-lactam (4-membered cyclic amide) rings is 1. The Kier molecular flexibility index (Phi) is 4.39. The van der Waals surface area contributed by atoms with E-state index in [4.69, 9.17) is 0 Å². The van der Waals surface area contributed by atoms with Crippen molar-refractivity contribution in [3.05, 3.63) is 47.2 Å². The van der Waals surface area contributed by atoms with Crippen molar-refractivity contribution in [2.45, 2.75) is 17.8 Å². The van der Waals surface area contributed by atoms with Gasteiger partial charge in [0, 0.05) is 11.3 Å². The van der Waals surface area contributed by atoms with Gasteiger partial charge in [-0.25, -0.2) is 4.79 Å².